The fourth-order valence-electron chi connectivity index (χ4n) is 1.14. The molecule has 0 atom stereocenters. The van der Waals surface area contributed by atoms with E-state index < -0.39 is 0 Å². The standard InChI is InChI=1S/C10H17N3O3/c1-3-5-8-11-10(16-12-8)7-6-9(14)13-15-4-2/h3-7H2,1-2H3,(H,13,14). The van der Waals surface area contributed by atoms with Crippen LogP contribution in [-0.2, 0) is 22.5 Å². The molecule has 1 aromatic heterocycles. The monoisotopic (exact) mass is 227 g/mol. The van der Waals surface area contributed by atoms with Crippen molar-refractivity contribution in [1.29, 1.82) is 0 Å². The molecule has 0 spiro atoms. The molecule has 1 amide bonds. The van der Waals surface area contributed by atoms with Gasteiger partial charge in [-0.3, -0.25) is 9.63 Å². The minimum Gasteiger partial charge on any atom is -0.339 e. The average molecular weight is 227 g/mol. The van der Waals surface area contributed by atoms with E-state index in [1.165, 1.54) is 0 Å². The number of nitrogens with one attached hydrogen (secondary N) is 1. The maximum atomic E-state index is 11.2. The number of carbonyl (C=O) groups excluding carboxylic acids is 1. The summed E-state index contributed by atoms with van der Waals surface area (Å²) in [6, 6.07) is 0. The molecular weight excluding hydrogens is 210 g/mol. The van der Waals surface area contributed by atoms with Gasteiger partial charge in [-0.2, -0.15) is 4.98 Å². The third-order valence-electron chi connectivity index (χ3n) is 1.88. The van der Waals surface area contributed by atoms with Crippen LogP contribution in [0.4, 0.5) is 0 Å². The van der Waals surface area contributed by atoms with Crippen LogP contribution < -0.4 is 5.48 Å². The van der Waals surface area contributed by atoms with Crippen molar-refractivity contribution >= 4 is 5.91 Å². The van der Waals surface area contributed by atoms with E-state index in [-0.39, 0.29) is 12.3 Å². The summed E-state index contributed by atoms with van der Waals surface area (Å²) in [5, 5.41) is 3.80. The second kappa shape index (κ2) is 6.95. The topological polar surface area (TPSA) is 77.2 Å². The van der Waals surface area contributed by atoms with Crippen molar-refractivity contribution in [3.8, 4) is 0 Å². The molecule has 0 radical (unpaired) electrons. The highest BCUT2D eigenvalue weighted by atomic mass is 16.6. The molecule has 0 aliphatic rings. The Hall–Kier alpha value is -1.43. The largest absolute Gasteiger partial charge is 0.339 e. The second-order valence-corrected chi connectivity index (χ2v) is 3.31. The summed E-state index contributed by atoms with van der Waals surface area (Å²) in [6.45, 7) is 4.30. The van der Waals surface area contributed by atoms with Crippen molar-refractivity contribution in [3.63, 3.8) is 0 Å². The Balaban J connectivity index is 2.28. The fourth-order valence-corrected chi connectivity index (χ4v) is 1.14. The lowest BCUT2D eigenvalue weighted by Gasteiger charge is -2.00. The number of carbonyl (C=O) groups is 1. The number of aryl methyl sites for hydroxylation is 2. The Morgan fingerprint density at radius 3 is 2.94 bits per heavy atom. The van der Waals surface area contributed by atoms with E-state index in [0.29, 0.717) is 24.7 Å². The van der Waals surface area contributed by atoms with Crippen LogP contribution in [0.15, 0.2) is 4.52 Å². The van der Waals surface area contributed by atoms with E-state index in [1.54, 1.807) is 6.92 Å². The third kappa shape index (κ3) is 4.39. The predicted octanol–water partition coefficient (Wildman–Crippen LogP) is 1.02. The van der Waals surface area contributed by atoms with Gasteiger partial charge in [0.15, 0.2) is 5.82 Å². The molecule has 0 bridgehead atoms. The number of hydroxylamine groups is 1. The normalized spacial score (nSPS) is 10.4. The number of nitrogens with zero attached hydrogens (tertiary/aromatic N) is 2. The first-order valence-corrected chi connectivity index (χ1v) is 5.48. The van der Waals surface area contributed by atoms with Crippen LogP contribution in [0.25, 0.3) is 0 Å². The SMILES string of the molecule is CCCc1noc(CCC(=O)NOCC)n1. The van der Waals surface area contributed by atoms with Gasteiger partial charge < -0.3 is 4.52 Å². The van der Waals surface area contributed by atoms with Crippen molar-refractivity contribution in [2.24, 2.45) is 0 Å². The molecule has 6 heteroatoms. The summed E-state index contributed by atoms with van der Waals surface area (Å²) in [5.74, 6) is 1.01. The molecule has 90 valence electrons. The maximum absolute atomic E-state index is 11.2. The number of amides is 1. The second-order valence-electron chi connectivity index (χ2n) is 3.31. The van der Waals surface area contributed by atoms with Crippen molar-refractivity contribution in [1.82, 2.24) is 15.6 Å². The molecule has 0 aliphatic heterocycles. The zero-order valence-corrected chi connectivity index (χ0v) is 9.65. The lowest BCUT2D eigenvalue weighted by molar-refractivity contribution is -0.133. The molecule has 1 heterocycles. The predicted molar refractivity (Wildman–Crippen MR) is 56.4 cm³/mol. The first kappa shape index (κ1) is 12.6. The van der Waals surface area contributed by atoms with E-state index in [9.17, 15) is 4.79 Å². The van der Waals surface area contributed by atoms with E-state index in [0.717, 1.165) is 12.8 Å². The van der Waals surface area contributed by atoms with Crippen molar-refractivity contribution in [2.45, 2.75) is 39.5 Å². The Labute approximate surface area is 94.3 Å². The van der Waals surface area contributed by atoms with E-state index in [2.05, 4.69) is 15.6 Å². The maximum Gasteiger partial charge on any atom is 0.244 e. The summed E-state index contributed by atoms with van der Waals surface area (Å²) in [5.41, 5.74) is 2.31. The highest BCUT2D eigenvalue weighted by Crippen LogP contribution is 2.02. The Morgan fingerprint density at radius 1 is 1.44 bits per heavy atom. The number of hydrogen-bond acceptors (Lipinski definition) is 5. The molecule has 1 aromatic rings. The molecule has 0 unspecified atom stereocenters. The quantitative estimate of drug-likeness (QED) is 0.704. The molecule has 0 fully saturated rings. The lowest BCUT2D eigenvalue weighted by atomic mass is 10.3. The van der Waals surface area contributed by atoms with Crippen LogP contribution in [0.2, 0.25) is 0 Å². The highest BCUT2D eigenvalue weighted by molar-refractivity contribution is 5.74. The number of hydrogen-bond donors (Lipinski definition) is 1. The van der Waals surface area contributed by atoms with Gasteiger partial charge in [0, 0.05) is 19.3 Å². The minimum atomic E-state index is -0.183. The van der Waals surface area contributed by atoms with Gasteiger partial charge in [0.2, 0.25) is 11.8 Å². The van der Waals surface area contributed by atoms with E-state index in [4.69, 9.17) is 9.36 Å². The molecule has 0 aliphatic carbocycles. The molecule has 0 aromatic carbocycles. The van der Waals surface area contributed by atoms with Gasteiger partial charge in [-0.1, -0.05) is 12.1 Å². The first-order valence-electron chi connectivity index (χ1n) is 5.48. The zero-order chi connectivity index (χ0) is 11.8. The smallest absolute Gasteiger partial charge is 0.244 e. The van der Waals surface area contributed by atoms with Gasteiger partial charge in [0.25, 0.3) is 0 Å². The van der Waals surface area contributed by atoms with Gasteiger partial charge in [-0.05, 0) is 13.3 Å². The highest BCUT2D eigenvalue weighted by Gasteiger charge is 2.08. The van der Waals surface area contributed by atoms with E-state index >= 15 is 0 Å². The number of aromatic nitrogens is 2. The number of rotatable bonds is 7. The van der Waals surface area contributed by atoms with Crippen LogP contribution in [0, 0.1) is 0 Å². The summed E-state index contributed by atoms with van der Waals surface area (Å²) in [6.07, 6.45) is 2.50. The van der Waals surface area contributed by atoms with Crippen LogP contribution in [-0.4, -0.2) is 22.7 Å². The van der Waals surface area contributed by atoms with Crippen LogP contribution in [0.3, 0.4) is 0 Å². The molecule has 0 saturated heterocycles. The molecule has 6 nitrogen and oxygen atoms in total. The van der Waals surface area contributed by atoms with Crippen molar-refractivity contribution in [2.75, 3.05) is 6.61 Å². The Bertz CT molecular complexity index is 325. The molecule has 16 heavy (non-hydrogen) atoms. The first-order chi connectivity index (χ1) is 7.76. The van der Waals surface area contributed by atoms with Gasteiger partial charge in [0.1, 0.15) is 0 Å². The molecule has 1 rings (SSSR count). The zero-order valence-electron chi connectivity index (χ0n) is 9.65. The van der Waals surface area contributed by atoms with Crippen LogP contribution in [0.5, 0.6) is 0 Å². The summed E-state index contributed by atoms with van der Waals surface area (Å²) >= 11 is 0. The third-order valence-corrected chi connectivity index (χ3v) is 1.88. The van der Waals surface area contributed by atoms with Crippen LogP contribution in [0.1, 0.15) is 38.4 Å². The molecule has 0 saturated carbocycles. The van der Waals surface area contributed by atoms with Crippen molar-refractivity contribution in [3.05, 3.63) is 11.7 Å². The summed E-state index contributed by atoms with van der Waals surface area (Å²) in [7, 11) is 0. The average Bonchev–Trinajstić information content (AvgIpc) is 2.72. The van der Waals surface area contributed by atoms with E-state index in [1.807, 2.05) is 6.92 Å². The molecular formula is C10H17N3O3. The Kier molecular flexibility index (Phi) is 5.49. The Morgan fingerprint density at radius 2 is 2.25 bits per heavy atom. The summed E-state index contributed by atoms with van der Waals surface area (Å²) < 4.78 is 4.99. The van der Waals surface area contributed by atoms with Gasteiger partial charge >= 0.3 is 0 Å². The summed E-state index contributed by atoms with van der Waals surface area (Å²) in [4.78, 5) is 20.1. The van der Waals surface area contributed by atoms with Gasteiger partial charge in [0.05, 0.1) is 6.61 Å². The lowest BCUT2D eigenvalue weighted by Crippen LogP contribution is -2.23. The van der Waals surface area contributed by atoms with Gasteiger partial charge in [-0.15, -0.1) is 0 Å². The fraction of sp³-hybridized carbons (Fsp3) is 0.700. The minimum absolute atomic E-state index is 0.183. The van der Waals surface area contributed by atoms with Gasteiger partial charge in [-0.25, -0.2) is 5.48 Å². The molecule has 1 N–H and O–H groups in total. The van der Waals surface area contributed by atoms with Crippen molar-refractivity contribution < 1.29 is 14.2 Å². The van der Waals surface area contributed by atoms with Crippen LogP contribution >= 0.6 is 0 Å².